The number of hydrogen-bond donors (Lipinski definition) is 0. The lowest BCUT2D eigenvalue weighted by Crippen LogP contribution is -2.46. The molecule has 2 aromatic rings. The minimum Gasteiger partial charge on any atom is -0.368 e. The lowest BCUT2D eigenvalue weighted by Gasteiger charge is -2.37. The Hall–Kier alpha value is -1.53. The lowest BCUT2D eigenvalue weighted by atomic mass is 10.1. The fraction of sp³-hybridized carbons (Fsp3) is 0.333. The van der Waals surface area contributed by atoms with Gasteiger partial charge >= 0.3 is 6.18 Å². The van der Waals surface area contributed by atoms with Crippen molar-refractivity contribution < 1.29 is 13.2 Å². The zero-order valence-electron chi connectivity index (χ0n) is 13.1. The molecule has 0 aromatic heterocycles. The summed E-state index contributed by atoms with van der Waals surface area (Å²) in [5.41, 5.74) is 0.920. The largest absolute Gasteiger partial charge is 0.418 e. The Bertz CT molecular complexity index is 680. The summed E-state index contributed by atoms with van der Waals surface area (Å²) in [4.78, 5) is 4.11. The molecule has 0 atom stereocenters. The highest BCUT2D eigenvalue weighted by molar-refractivity contribution is 9.10. The van der Waals surface area contributed by atoms with E-state index in [4.69, 9.17) is 0 Å². The molecule has 0 aliphatic carbocycles. The van der Waals surface area contributed by atoms with Gasteiger partial charge in [-0.1, -0.05) is 46.3 Å². The second kappa shape index (κ2) is 7.15. The maximum Gasteiger partial charge on any atom is 0.418 e. The summed E-state index contributed by atoms with van der Waals surface area (Å²) in [7, 11) is 0. The van der Waals surface area contributed by atoms with Gasteiger partial charge in [0.05, 0.1) is 5.56 Å². The monoisotopic (exact) mass is 398 g/mol. The van der Waals surface area contributed by atoms with Crippen LogP contribution in [0.3, 0.4) is 0 Å². The van der Waals surface area contributed by atoms with E-state index in [9.17, 15) is 13.2 Å². The number of halogens is 4. The minimum atomic E-state index is -4.35. The third-order valence-electron chi connectivity index (χ3n) is 4.23. The van der Waals surface area contributed by atoms with Gasteiger partial charge in [-0.25, -0.2) is 0 Å². The first-order chi connectivity index (χ1) is 11.4. The van der Waals surface area contributed by atoms with E-state index in [-0.39, 0.29) is 5.69 Å². The van der Waals surface area contributed by atoms with Gasteiger partial charge in [-0.3, -0.25) is 4.90 Å². The van der Waals surface area contributed by atoms with Crippen LogP contribution in [-0.2, 0) is 12.7 Å². The molecule has 0 saturated carbocycles. The molecule has 2 nitrogen and oxygen atoms in total. The summed E-state index contributed by atoms with van der Waals surface area (Å²) in [6.07, 6.45) is -4.35. The molecule has 0 unspecified atom stereocenters. The second-order valence-electron chi connectivity index (χ2n) is 5.91. The molecule has 1 aliphatic rings. The van der Waals surface area contributed by atoms with Gasteiger partial charge in [0.25, 0.3) is 0 Å². The van der Waals surface area contributed by atoms with Crippen LogP contribution < -0.4 is 4.90 Å². The van der Waals surface area contributed by atoms with Crippen molar-refractivity contribution >= 4 is 21.6 Å². The van der Waals surface area contributed by atoms with E-state index in [1.54, 1.807) is 12.1 Å². The molecule has 0 radical (unpaired) electrons. The summed E-state index contributed by atoms with van der Waals surface area (Å²) in [6.45, 7) is 3.53. The fourth-order valence-electron chi connectivity index (χ4n) is 3.00. The van der Waals surface area contributed by atoms with Gasteiger partial charge < -0.3 is 4.90 Å². The van der Waals surface area contributed by atoms with E-state index < -0.39 is 11.7 Å². The Labute approximate surface area is 148 Å². The predicted molar refractivity (Wildman–Crippen MR) is 93.1 cm³/mol. The van der Waals surface area contributed by atoms with Crippen molar-refractivity contribution in [2.45, 2.75) is 12.7 Å². The number of anilines is 1. The van der Waals surface area contributed by atoms with E-state index in [1.807, 2.05) is 23.1 Å². The normalized spacial score (nSPS) is 16.4. The molecule has 1 heterocycles. The maximum atomic E-state index is 13.3. The Kier molecular flexibility index (Phi) is 5.15. The van der Waals surface area contributed by atoms with Crippen LogP contribution in [0.5, 0.6) is 0 Å². The van der Waals surface area contributed by atoms with Gasteiger partial charge in [0.1, 0.15) is 0 Å². The number of piperazine rings is 1. The van der Waals surface area contributed by atoms with E-state index in [2.05, 4.69) is 33.0 Å². The van der Waals surface area contributed by atoms with Crippen LogP contribution in [-0.4, -0.2) is 31.1 Å². The minimum absolute atomic E-state index is 0.269. The Morgan fingerprint density at radius 2 is 1.58 bits per heavy atom. The van der Waals surface area contributed by atoms with Crippen molar-refractivity contribution in [2.24, 2.45) is 0 Å². The van der Waals surface area contributed by atoms with Crippen molar-refractivity contribution in [1.29, 1.82) is 0 Å². The van der Waals surface area contributed by atoms with Crippen molar-refractivity contribution in [3.63, 3.8) is 0 Å². The van der Waals surface area contributed by atoms with Crippen LogP contribution in [0.25, 0.3) is 0 Å². The third kappa shape index (κ3) is 4.11. The average Bonchev–Trinajstić information content (AvgIpc) is 2.56. The molecular weight excluding hydrogens is 381 g/mol. The van der Waals surface area contributed by atoms with Crippen LogP contribution in [0.4, 0.5) is 18.9 Å². The first kappa shape index (κ1) is 17.3. The summed E-state index contributed by atoms with van der Waals surface area (Å²) in [5, 5.41) is 0. The van der Waals surface area contributed by atoms with Gasteiger partial charge in [-0.05, 0) is 23.8 Å². The third-order valence-corrected chi connectivity index (χ3v) is 4.72. The molecule has 1 aliphatic heterocycles. The zero-order valence-corrected chi connectivity index (χ0v) is 14.6. The number of hydrogen-bond acceptors (Lipinski definition) is 2. The van der Waals surface area contributed by atoms with Crippen molar-refractivity contribution in [2.75, 3.05) is 31.1 Å². The highest BCUT2D eigenvalue weighted by Crippen LogP contribution is 2.38. The highest BCUT2D eigenvalue weighted by atomic mass is 79.9. The van der Waals surface area contributed by atoms with Crippen LogP contribution in [0.1, 0.15) is 11.1 Å². The molecule has 24 heavy (non-hydrogen) atoms. The van der Waals surface area contributed by atoms with Crippen molar-refractivity contribution in [1.82, 2.24) is 4.90 Å². The average molecular weight is 399 g/mol. The smallest absolute Gasteiger partial charge is 0.368 e. The molecule has 6 heteroatoms. The Balaban J connectivity index is 1.69. The topological polar surface area (TPSA) is 6.48 Å². The first-order valence-corrected chi connectivity index (χ1v) is 8.61. The first-order valence-electron chi connectivity index (χ1n) is 7.81. The van der Waals surface area contributed by atoms with Crippen LogP contribution >= 0.6 is 15.9 Å². The van der Waals surface area contributed by atoms with E-state index in [1.165, 1.54) is 5.56 Å². The number of nitrogens with zero attached hydrogens (tertiary/aromatic N) is 2. The second-order valence-corrected chi connectivity index (χ2v) is 6.82. The van der Waals surface area contributed by atoms with E-state index >= 15 is 0 Å². The molecule has 3 rings (SSSR count). The van der Waals surface area contributed by atoms with Gasteiger partial charge in [0.2, 0.25) is 0 Å². The van der Waals surface area contributed by atoms with Crippen LogP contribution in [0, 0.1) is 0 Å². The van der Waals surface area contributed by atoms with Crippen molar-refractivity contribution in [3.8, 4) is 0 Å². The van der Waals surface area contributed by atoms with Gasteiger partial charge in [-0.15, -0.1) is 0 Å². The predicted octanol–water partition coefficient (Wildman–Crippen LogP) is 4.79. The Morgan fingerprint density at radius 3 is 2.21 bits per heavy atom. The molecule has 128 valence electrons. The molecule has 0 spiro atoms. The highest BCUT2D eigenvalue weighted by Gasteiger charge is 2.35. The summed E-state index contributed by atoms with van der Waals surface area (Å²) in [6, 6.07) is 14.5. The van der Waals surface area contributed by atoms with Gasteiger partial charge in [0, 0.05) is 42.9 Å². The lowest BCUT2D eigenvalue weighted by molar-refractivity contribution is -0.137. The van der Waals surface area contributed by atoms with Gasteiger partial charge in [0.15, 0.2) is 0 Å². The maximum absolute atomic E-state index is 13.3. The molecule has 0 bridgehead atoms. The molecule has 1 fully saturated rings. The van der Waals surface area contributed by atoms with E-state index in [0.717, 1.165) is 25.7 Å². The quantitative estimate of drug-likeness (QED) is 0.733. The van der Waals surface area contributed by atoms with Crippen LogP contribution in [0.15, 0.2) is 53.0 Å². The molecule has 0 N–H and O–H groups in total. The fourth-order valence-corrected chi connectivity index (χ4v) is 3.36. The van der Waals surface area contributed by atoms with Crippen molar-refractivity contribution in [3.05, 3.63) is 64.1 Å². The molecule has 2 aromatic carbocycles. The molecule has 0 amide bonds. The standard InChI is InChI=1S/C18H18BrF3N2/c19-15-6-7-17(16(12-15)18(20,21)22)24-10-8-23(9-11-24)13-14-4-2-1-3-5-14/h1-7,12H,8-11,13H2. The zero-order chi connectivity index (χ0) is 17.2. The summed E-state index contributed by atoms with van der Waals surface area (Å²) >= 11 is 3.13. The summed E-state index contributed by atoms with van der Waals surface area (Å²) < 4.78 is 40.3. The number of rotatable bonds is 3. The van der Waals surface area contributed by atoms with Gasteiger partial charge in [-0.2, -0.15) is 13.2 Å². The Morgan fingerprint density at radius 1 is 0.917 bits per heavy atom. The number of benzene rings is 2. The molecular formula is C18H18BrF3N2. The number of alkyl halides is 3. The summed E-state index contributed by atoms with van der Waals surface area (Å²) in [5.74, 6) is 0. The van der Waals surface area contributed by atoms with Crippen LogP contribution in [0.2, 0.25) is 0 Å². The SMILES string of the molecule is FC(F)(F)c1cc(Br)ccc1N1CCN(Cc2ccccc2)CC1. The van der Waals surface area contributed by atoms with E-state index in [0.29, 0.717) is 17.6 Å². The molecule has 1 saturated heterocycles.